The summed E-state index contributed by atoms with van der Waals surface area (Å²) in [6.07, 6.45) is 3.27. The summed E-state index contributed by atoms with van der Waals surface area (Å²) < 4.78 is 32.8. The van der Waals surface area contributed by atoms with Crippen LogP contribution < -0.4 is 4.72 Å². The van der Waals surface area contributed by atoms with Crippen LogP contribution in [0.25, 0.3) is 0 Å². The lowest BCUT2D eigenvalue weighted by molar-refractivity contribution is 0.165. The number of nitrogens with zero attached hydrogens (tertiary/aromatic N) is 3. The minimum absolute atomic E-state index is 0.0218. The van der Waals surface area contributed by atoms with Crippen molar-refractivity contribution in [2.45, 2.75) is 19.3 Å². The Bertz CT molecular complexity index is 476. The lowest BCUT2D eigenvalue weighted by atomic mass is 10.0. The number of hydrogen-bond acceptors (Lipinski definition) is 6. The van der Waals surface area contributed by atoms with Crippen LogP contribution in [-0.4, -0.2) is 54.2 Å². The first-order chi connectivity index (χ1) is 9.12. The second kappa shape index (κ2) is 6.42. The van der Waals surface area contributed by atoms with E-state index in [0.29, 0.717) is 25.4 Å². The molecule has 1 fully saturated rings. The van der Waals surface area contributed by atoms with E-state index in [-0.39, 0.29) is 19.1 Å². The summed E-state index contributed by atoms with van der Waals surface area (Å²) >= 11 is 0. The third-order valence-electron chi connectivity index (χ3n) is 3.11. The molecular weight excluding hydrogens is 272 g/mol. The minimum atomic E-state index is -3.50. The van der Waals surface area contributed by atoms with Crippen LogP contribution in [0, 0.1) is 5.92 Å². The van der Waals surface area contributed by atoms with Gasteiger partial charge in [0.05, 0.1) is 0 Å². The third kappa shape index (κ3) is 3.96. The Kier molecular flexibility index (Phi) is 4.86. The zero-order valence-electron chi connectivity index (χ0n) is 10.5. The molecule has 0 bridgehead atoms. The predicted molar refractivity (Wildman–Crippen MR) is 66.3 cm³/mol. The smallest absolute Gasteiger partial charge is 0.279 e. The predicted octanol–water partition coefficient (Wildman–Crippen LogP) is -0.849. The normalized spacial score (nSPS) is 21.6. The van der Waals surface area contributed by atoms with Gasteiger partial charge in [0.2, 0.25) is 5.89 Å². The van der Waals surface area contributed by atoms with Gasteiger partial charge in [-0.05, 0) is 18.8 Å². The molecule has 0 radical (unpaired) electrons. The van der Waals surface area contributed by atoms with Crippen molar-refractivity contribution in [1.82, 2.24) is 19.2 Å². The van der Waals surface area contributed by atoms with Crippen LogP contribution in [0.2, 0.25) is 0 Å². The first-order valence-corrected chi connectivity index (χ1v) is 7.67. The minimum Gasteiger partial charge on any atom is -0.396 e. The molecule has 1 saturated heterocycles. The van der Waals surface area contributed by atoms with Gasteiger partial charge in [0.15, 0.2) is 6.33 Å². The zero-order chi connectivity index (χ0) is 13.7. The molecule has 0 saturated carbocycles. The Hall–Kier alpha value is -1.03. The van der Waals surface area contributed by atoms with Gasteiger partial charge in [-0.1, -0.05) is 5.16 Å². The Morgan fingerprint density at radius 2 is 2.42 bits per heavy atom. The maximum absolute atomic E-state index is 12.0. The monoisotopic (exact) mass is 290 g/mol. The Morgan fingerprint density at radius 3 is 3.11 bits per heavy atom. The van der Waals surface area contributed by atoms with Crippen LogP contribution in [-0.2, 0) is 16.6 Å². The molecular formula is C10H18N4O4S. The van der Waals surface area contributed by atoms with Gasteiger partial charge >= 0.3 is 0 Å². The second-order valence-electron chi connectivity index (χ2n) is 4.53. The molecule has 19 heavy (non-hydrogen) atoms. The topological polar surface area (TPSA) is 109 Å². The molecule has 9 heteroatoms. The number of nitrogens with one attached hydrogen (secondary N) is 1. The largest absolute Gasteiger partial charge is 0.396 e. The van der Waals surface area contributed by atoms with Crippen molar-refractivity contribution in [3.05, 3.63) is 12.2 Å². The molecule has 0 spiro atoms. The van der Waals surface area contributed by atoms with Gasteiger partial charge in [-0.25, -0.2) is 4.72 Å². The maximum atomic E-state index is 12.0. The maximum Gasteiger partial charge on any atom is 0.279 e. The van der Waals surface area contributed by atoms with Crippen LogP contribution in [0.4, 0.5) is 0 Å². The Balaban J connectivity index is 1.83. The number of rotatable bonds is 6. The molecule has 2 rings (SSSR count). The van der Waals surface area contributed by atoms with Crippen LogP contribution >= 0.6 is 0 Å². The quantitative estimate of drug-likeness (QED) is 0.706. The highest BCUT2D eigenvalue weighted by Crippen LogP contribution is 2.17. The van der Waals surface area contributed by atoms with Crippen molar-refractivity contribution in [3.8, 4) is 0 Å². The summed E-state index contributed by atoms with van der Waals surface area (Å²) in [7, 11) is -3.50. The van der Waals surface area contributed by atoms with E-state index in [1.807, 2.05) is 0 Å². The summed E-state index contributed by atoms with van der Waals surface area (Å²) in [6, 6.07) is 0. The summed E-state index contributed by atoms with van der Waals surface area (Å²) in [6.45, 7) is 1.09. The van der Waals surface area contributed by atoms with Gasteiger partial charge in [0.25, 0.3) is 10.2 Å². The van der Waals surface area contributed by atoms with Gasteiger partial charge in [-0.15, -0.1) is 0 Å². The van der Waals surface area contributed by atoms with Crippen molar-refractivity contribution in [3.63, 3.8) is 0 Å². The van der Waals surface area contributed by atoms with E-state index in [1.165, 1.54) is 10.6 Å². The molecule has 0 aromatic carbocycles. The summed E-state index contributed by atoms with van der Waals surface area (Å²) in [5, 5.41) is 12.6. The van der Waals surface area contributed by atoms with E-state index >= 15 is 0 Å². The van der Waals surface area contributed by atoms with Gasteiger partial charge in [-0.2, -0.15) is 17.7 Å². The molecule has 1 aromatic heterocycles. The van der Waals surface area contributed by atoms with Crippen LogP contribution in [0.5, 0.6) is 0 Å². The first-order valence-electron chi connectivity index (χ1n) is 6.23. The second-order valence-corrected chi connectivity index (χ2v) is 6.29. The molecule has 2 heterocycles. The number of aromatic nitrogens is 2. The summed E-state index contributed by atoms with van der Waals surface area (Å²) in [5.41, 5.74) is 0. The SMILES string of the molecule is O=S(=O)(NCCc1ncno1)N1CCCC(CO)C1. The molecule has 2 N–H and O–H groups in total. The van der Waals surface area contributed by atoms with Crippen molar-refractivity contribution < 1.29 is 18.0 Å². The highest BCUT2D eigenvalue weighted by atomic mass is 32.2. The fraction of sp³-hybridized carbons (Fsp3) is 0.800. The highest BCUT2D eigenvalue weighted by Gasteiger charge is 2.28. The lowest BCUT2D eigenvalue weighted by Crippen LogP contribution is -2.47. The van der Waals surface area contributed by atoms with Crippen LogP contribution in [0.1, 0.15) is 18.7 Å². The highest BCUT2D eigenvalue weighted by molar-refractivity contribution is 7.87. The molecule has 1 aromatic rings. The third-order valence-corrected chi connectivity index (χ3v) is 4.69. The van der Waals surface area contributed by atoms with E-state index in [0.717, 1.165) is 12.8 Å². The molecule has 1 unspecified atom stereocenters. The molecule has 8 nitrogen and oxygen atoms in total. The number of aliphatic hydroxyl groups is 1. The average Bonchev–Trinajstić information content (AvgIpc) is 2.92. The fourth-order valence-electron chi connectivity index (χ4n) is 2.08. The van der Waals surface area contributed by atoms with E-state index in [2.05, 4.69) is 14.9 Å². The molecule has 0 amide bonds. The molecule has 1 aliphatic heterocycles. The fourth-order valence-corrected chi connectivity index (χ4v) is 3.40. The standard InChI is InChI=1S/C10H18N4O4S/c15-7-9-2-1-5-14(6-9)19(16,17)13-4-3-10-11-8-12-18-10/h8-9,13,15H,1-7H2. The summed E-state index contributed by atoms with van der Waals surface area (Å²) in [5.74, 6) is 0.427. The van der Waals surface area contributed by atoms with E-state index in [9.17, 15) is 8.42 Å². The average molecular weight is 290 g/mol. The lowest BCUT2D eigenvalue weighted by Gasteiger charge is -2.30. The van der Waals surface area contributed by atoms with Crippen molar-refractivity contribution >= 4 is 10.2 Å². The molecule has 0 aliphatic carbocycles. The number of piperidine rings is 1. The van der Waals surface area contributed by atoms with Crippen molar-refractivity contribution in [2.75, 3.05) is 26.2 Å². The van der Waals surface area contributed by atoms with E-state index in [1.54, 1.807) is 0 Å². The van der Waals surface area contributed by atoms with Gasteiger partial charge in [-0.3, -0.25) is 0 Å². The van der Waals surface area contributed by atoms with Crippen molar-refractivity contribution in [2.24, 2.45) is 5.92 Å². The van der Waals surface area contributed by atoms with E-state index in [4.69, 9.17) is 9.63 Å². The molecule has 108 valence electrons. The van der Waals surface area contributed by atoms with Crippen LogP contribution in [0.3, 0.4) is 0 Å². The number of hydrogen-bond donors (Lipinski definition) is 2. The van der Waals surface area contributed by atoms with Gasteiger partial charge < -0.3 is 9.63 Å². The summed E-state index contributed by atoms with van der Waals surface area (Å²) in [4.78, 5) is 3.81. The molecule has 1 aliphatic rings. The Labute approximate surface area is 112 Å². The van der Waals surface area contributed by atoms with Gasteiger partial charge in [0.1, 0.15) is 0 Å². The van der Waals surface area contributed by atoms with Crippen LogP contribution in [0.15, 0.2) is 10.9 Å². The van der Waals surface area contributed by atoms with Crippen molar-refractivity contribution in [1.29, 1.82) is 0 Å². The van der Waals surface area contributed by atoms with Gasteiger partial charge in [0, 0.05) is 32.7 Å². The number of aliphatic hydroxyl groups excluding tert-OH is 1. The van der Waals surface area contributed by atoms with E-state index < -0.39 is 10.2 Å². The Morgan fingerprint density at radius 1 is 1.58 bits per heavy atom. The molecule has 1 atom stereocenters. The first kappa shape index (κ1) is 14.4. The zero-order valence-corrected chi connectivity index (χ0v) is 11.3.